The molecule has 0 saturated heterocycles. The molecule has 0 aliphatic rings. The van der Waals surface area contributed by atoms with Gasteiger partial charge in [-0.1, -0.05) is 236 Å². The lowest BCUT2D eigenvalue weighted by Gasteiger charge is -2.24. The van der Waals surface area contributed by atoms with Crippen molar-refractivity contribution in [2.75, 3.05) is 6.61 Å². The Morgan fingerprint density at radius 2 is 0.785 bits per heavy atom. The third-order valence-electron chi connectivity index (χ3n) is 12.6. The second-order valence-corrected chi connectivity index (χ2v) is 19.0. The Labute approximate surface area is 403 Å². The van der Waals surface area contributed by atoms with Crippen LogP contribution in [0.4, 0.5) is 0 Å². The number of esters is 1. The number of carbonyl (C=O) groups is 2. The zero-order valence-corrected chi connectivity index (χ0v) is 43.1. The van der Waals surface area contributed by atoms with Crippen LogP contribution in [0.1, 0.15) is 278 Å². The molecule has 378 valence electrons. The number of unbranched alkanes of at least 4 members (excludes halogenated alkanes) is 28. The normalized spacial score (nSPS) is 13.6. The number of aliphatic hydroxyl groups excluding tert-OH is 2. The van der Waals surface area contributed by atoms with Gasteiger partial charge in [0.25, 0.3) is 0 Å². The molecule has 65 heavy (non-hydrogen) atoms. The number of rotatable bonds is 50. The molecule has 0 aliphatic carbocycles. The Hall–Kier alpha value is -2.44. The fourth-order valence-electron chi connectivity index (χ4n) is 8.30. The van der Waals surface area contributed by atoms with Gasteiger partial charge in [-0.05, 0) is 89.9 Å². The van der Waals surface area contributed by atoms with E-state index in [9.17, 15) is 19.8 Å². The average Bonchev–Trinajstić information content (AvgIpc) is 3.30. The molecule has 0 spiro atoms. The molecule has 0 aromatic heterocycles. The highest BCUT2D eigenvalue weighted by Gasteiger charge is 2.24. The summed E-state index contributed by atoms with van der Waals surface area (Å²) in [5.41, 5.74) is 0. The quantitative estimate of drug-likeness (QED) is 0.0321. The summed E-state index contributed by atoms with van der Waals surface area (Å²) >= 11 is 0. The van der Waals surface area contributed by atoms with Crippen molar-refractivity contribution in [3.63, 3.8) is 0 Å². The Morgan fingerprint density at radius 3 is 1.25 bits per heavy atom. The van der Waals surface area contributed by atoms with Gasteiger partial charge in [-0.3, -0.25) is 9.59 Å². The van der Waals surface area contributed by atoms with Crippen LogP contribution in [0.2, 0.25) is 0 Å². The molecule has 0 aromatic rings. The Morgan fingerprint density at radius 1 is 0.446 bits per heavy atom. The van der Waals surface area contributed by atoms with Crippen molar-refractivity contribution in [3.8, 4) is 0 Å². The lowest BCUT2D eigenvalue weighted by Crippen LogP contribution is -2.46. The van der Waals surface area contributed by atoms with Crippen molar-refractivity contribution >= 4 is 11.9 Å². The first-order valence-corrected chi connectivity index (χ1v) is 28.0. The summed E-state index contributed by atoms with van der Waals surface area (Å²) in [5, 5.41) is 23.8. The molecule has 6 nitrogen and oxygen atoms in total. The van der Waals surface area contributed by atoms with Crippen LogP contribution in [-0.4, -0.2) is 46.9 Å². The molecule has 3 atom stereocenters. The molecule has 0 bridgehead atoms. The molecule has 3 unspecified atom stereocenters. The predicted molar refractivity (Wildman–Crippen MR) is 282 cm³/mol. The van der Waals surface area contributed by atoms with Gasteiger partial charge in [0.15, 0.2) is 0 Å². The summed E-state index contributed by atoms with van der Waals surface area (Å²) in [6, 6.07) is -0.719. The van der Waals surface area contributed by atoms with E-state index in [1.54, 1.807) is 0 Å². The van der Waals surface area contributed by atoms with Gasteiger partial charge >= 0.3 is 5.97 Å². The van der Waals surface area contributed by atoms with Gasteiger partial charge in [0, 0.05) is 6.42 Å². The molecule has 1 amide bonds. The standard InChI is InChI=1S/C59H107NO5/c1-4-7-10-13-16-19-22-25-27-29-31-34-37-40-43-46-49-52-59(64)65-55(50-47-44-41-38-35-33-30-28-26-23-20-17-14-11-8-5-2)53-58(63)60-56(54-61)57(62)51-48-45-42-39-36-32-24-21-18-15-12-9-6-3/h16,19,25,27,31,33-35,40,43,55-57,61-62H,4-15,17-18,20-24,26,28-30,32,36-39,41-42,44-54H2,1-3H3,(H,60,63)/b19-16-,27-25-,34-31-,35-33+,43-40-. The molecule has 0 fully saturated rings. The summed E-state index contributed by atoms with van der Waals surface area (Å²) in [6.07, 6.45) is 65.7. The number of ether oxygens (including phenoxy) is 1. The van der Waals surface area contributed by atoms with E-state index >= 15 is 0 Å². The first-order chi connectivity index (χ1) is 32.0. The molecule has 0 aromatic carbocycles. The summed E-state index contributed by atoms with van der Waals surface area (Å²) in [7, 11) is 0. The summed E-state index contributed by atoms with van der Waals surface area (Å²) in [6.45, 7) is 6.45. The zero-order valence-electron chi connectivity index (χ0n) is 43.1. The van der Waals surface area contributed by atoms with Gasteiger partial charge in [-0.15, -0.1) is 0 Å². The van der Waals surface area contributed by atoms with E-state index in [0.717, 1.165) is 77.0 Å². The predicted octanol–water partition coefficient (Wildman–Crippen LogP) is 17.2. The Bertz CT molecular complexity index is 1160. The van der Waals surface area contributed by atoms with Crippen molar-refractivity contribution in [1.29, 1.82) is 0 Å². The van der Waals surface area contributed by atoms with Crippen LogP contribution in [0, 0.1) is 0 Å². The second-order valence-electron chi connectivity index (χ2n) is 19.0. The number of carbonyl (C=O) groups excluding carboxylic acids is 2. The van der Waals surface area contributed by atoms with Crippen LogP contribution in [0.3, 0.4) is 0 Å². The number of amides is 1. The van der Waals surface area contributed by atoms with E-state index in [-0.39, 0.29) is 24.9 Å². The van der Waals surface area contributed by atoms with Crippen molar-refractivity contribution in [2.45, 2.75) is 296 Å². The lowest BCUT2D eigenvalue weighted by atomic mass is 10.0. The van der Waals surface area contributed by atoms with E-state index in [2.05, 4.69) is 86.8 Å². The van der Waals surface area contributed by atoms with Gasteiger partial charge in [0.1, 0.15) is 6.10 Å². The number of hydrogen-bond donors (Lipinski definition) is 3. The van der Waals surface area contributed by atoms with Crippen LogP contribution in [0.15, 0.2) is 60.8 Å². The van der Waals surface area contributed by atoms with Crippen LogP contribution in [-0.2, 0) is 14.3 Å². The van der Waals surface area contributed by atoms with Gasteiger partial charge in [-0.2, -0.15) is 0 Å². The van der Waals surface area contributed by atoms with Gasteiger partial charge in [0.2, 0.25) is 5.91 Å². The summed E-state index contributed by atoms with van der Waals surface area (Å²) < 4.78 is 5.92. The monoisotopic (exact) mass is 910 g/mol. The largest absolute Gasteiger partial charge is 0.462 e. The highest BCUT2D eigenvalue weighted by molar-refractivity contribution is 5.77. The van der Waals surface area contributed by atoms with Gasteiger partial charge in [0.05, 0.1) is 25.2 Å². The van der Waals surface area contributed by atoms with Gasteiger partial charge in [-0.25, -0.2) is 0 Å². The molecule has 3 N–H and O–H groups in total. The number of allylic oxidation sites excluding steroid dienone is 10. The second kappa shape index (κ2) is 52.5. The first kappa shape index (κ1) is 62.6. The minimum atomic E-state index is -0.802. The number of nitrogens with one attached hydrogen (secondary N) is 1. The first-order valence-electron chi connectivity index (χ1n) is 28.0. The molecule has 0 saturated carbocycles. The van der Waals surface area contributed by atoms with Crippen LogP contribution >= 0.6 is 0 Å². The molecule has 0 radical (unpaired) electrons. The minimum absolute atomic E-state index is 0.0452. The van der Waals surface area contributed by atoms with E-state index in [4.69, 9.17) is 4.74 Å². The zero-order chi connectivity index (χ0) is 47.4. The van der Waals surface area contributed by atoms with Crippen LogP contribution < -0.4 is 5.32 Å². The van der Waals surface area contributed by atoms with Crippen molar-refractivity contribution in [1.82, 2.24) is 5.32 Å². The third-order valence-corrected chi connectivity index (χ3v) is 12.6. The molecular weight excluding hydrogens is 803 g/mol. The Kier molecular flexibility index (Phi) is 50.6. The van der Waals surface area contributed by atoms with Crippen molar-refractivity contribution < 1.29 is 24.5 Å². The average molecular weight is 911 g/mol. The van der Waals surface area contributed by atoms with Crippen molar-refractivity contribution in [3.05, 3.63) is 60.8 Å². The highest BCUT2D eigenvalue weighted by Crippen LogP contribution is 2.17. The molecular formula is C59H107NO5. The van der Waals surface area contributed by atoms with Crippen molar-refractivity contribution in [2.24, 2.45) is 0 Å². The summed E-state index contributed by atoms with van der Waals surface area (Å²) in [4.78, 5) is 26.2. The maximum Gasteiger partial charge on any atom is 0.306 e. The van der Waals surface area contributed by atoms with Gasteiger partial charge < -0.3 is 20.3 Å². The van der Waals surface area contributed by atoms with E-state index in [1.165, 1.54) is 148 Å². The number of aliphatic hydroxyl groups is 2. The van der Waals surface area contributed by atoms with E-state index in [1.807, 2.05) is 0 Å². The molecule has 0 aliphatic heterocycles. The fraction of sp³-hybridized carbons (Fsp3) is 0.797. The Balaban J connectivity index is 4.68. The molecule has 0 rings (SSSR count). The third kappa shape index (κ3) is 47.8. The minimum Gasteiger partial charge on any atom is -0.462 e. The number of hydrogen-bond acceptors (Lipinski definition) is 5. The molecule has 0 heterocycles. The maximum absolute atomic E-state index is 13.2. The summed E-state index contributed by atoms with van der Waals surface area (Å²) in [5.74, 6) is -0.550. The highest BCUT2D eigenvalue weighted by atomic mass is 16.5. The fourth-order valence-corrected chi connectivity index (χ4v) is 8.30. The van der Waals surface area contributed by atoms with E-state index in [0.29, 0.717) is 25.7 Å². The molecule has 6 heteroatoms. The van der Waals surface area contributed by atoms with E-state index < -0.39 is 18.2 Å². The van der Waals surface area contributed by atoms with Crippen LogP contribution in [0.5, 0.6) is 0 Å². The maximum atomic E-state index is 13.2. The lowest BCUT2D eigenvalue weighted by molar-refractivity contribution is -0.151. The SMILES string of the molecule is CCCCC/C=C\C/C=C\C/C=C\C/C=C\CCCC(=O)OC(CCCCC/C=C/CCCCCCCCCCC)CC(=O)NC(CO)C(O)CCCCCCCCCCCCCCC. The smallest absolute Gasteiger partial charge is 0.306 e. The van der Waals surface area contributed by atoms with Crippen LogP contribution in [0.25, 0.3) is 0 Å². The topological polar surface area (TPSA) is 95.9 Å².